The van der Waals surface area contributed by atoms with E-state index in [2.05, 4.69) is 36.9 Å². The Labute approximate surface area is 189 Å². The second kappa shape index (κ2) is 9.54. The molecule has 0 N–H and O–H groups in total. The van der Waals surface area contributed by atoms with Crippen molar-refractivity contribution in [3.8, 4) is 5.69 Å². The summed E-state index contributed by atoms with van der Waals surface area (Å²) in [5.41, 5.74) is 2.78. The molecule has 0 aliphatic carbocycles. The number of hydrogen-bond acceptors (Lipinski definition) is 6. The van der Waals surface area contributed by atoms with Gasteiger partial charge in [0.05, 0.1) is 31.1 Å². The third kappa shape index (κ3) is 4.68. The van der Waals surface area contributed by atoms with Crippen molar-refractivity contribution in [2.24, 2.45) is 0 Å². The van der Waals surface area contributed by atoms with Gasteiger partial charge in [0.25, 0.3) is 0 Å². The zero-order chi connectivity index (χ0) is 21.8. The van der Waals surface area contributed by atoms with Gasteiger partial charge in [-0.05, 0) is 29.8 Å². The first-order valence-corrected chi connectivity index (χ1v) is 11.5. The zero-order valence-electron chi connectivity index (χ0n) is 17.5. The van der Waals surface area contributed by atoms with Crippen molar-refractivity contribution in [2.75, 3.05) is 31.2 Å². The third-order valence-corrected chi connectivity index (χ3v) is 6.24. The molecule has 164 valence electrons. The van der Waals surface area contributed by atoms with Crippen LogP contribution in [0.1, 0.15) is 11.3 Å². The Kier molecular flexibility index (Phi) is 6.17. The Morgan fingerprint density at radius 1 is 0.969 bits per heavy atom. The fourth-order valence-electron chi connectivity index (χ4n) is 3.63. The average molecular weight is 451 g/mol. The molecule has 5 rings (SSSR count). The largest absolute Gasteiger partial charge is 0.378 e. The molecule has 0 spiro atoms. The lowest BCUT2D eigenvalue weighted by Gasteiger charge is -2.28. The first kappa shape index (κ1) is 20.7. The summed E-state index contributed by atoms with van der Waals surface area (Å²) in [5, 5.41) is 14.4. The predicted octanol–water partition coefficient (Wildman–Crippen LogP) is 3.78. The van der Waals surface area contributed by atoms with E-state index >= 15 is 0 Å². The van der Waals surface area contributed by atoms with Crippen LogP contribution in [0.5, 0.6) is 0 Å². The standard InChI is InChI=1S/C23H23FN6OS/c24-19-7-4-8-21(15-19)30-10-9-20(27-30)17-32-23-26-25-22(28-11-13-31-14-12-28)29(23)16-18-5-2-1-3-6-18/h1-10,15H,11-14,16-17H2. The van der Waals surface area contributed by atoms with E-state index in [0.717, 1.165) is 29.9 Å². The minimum Gasteiger partial charge on any atom is -0.378 e. The quantitative estimate of drug-likeness (QED) is 0.400. The van der Waals surface area contributed by atoms with Gasteiger partial charge >= 0.3 is 0 Å². The molecule has 0 unspecified atom stereocenters. The molecule has 0 atom stereocenters. The van der Waals surface area contributed by atoms with Crippen LogP contribution in [0.2, 0.25) is 0 Å². The molecule has 1 saturated heterocycles. The number of morpholine rings is 1. The number of benzene rings is 2. The van der Waals surface area contributed by atoms with Gasteiger partial charge in [-0.15, -0.1) is 10.2 Å². The molecule has 4 aromatic rings. The minimum atomic E-state index is -0.279. The molecule has 2 aromatic heterocycles. The van der Waals surface area contributed by atoms with Crippen molar-refractivity contribution in [3.63, 3.8) is 0 Å². The Morgan fingerprint density at radius 3 is 2.62 bits per heavy atom. The minimum absolute atomic E-state index is 0.279. The van der Waals surface area contributed by atoms with Gasteiger partial charge in [-0.1, -0.05) is 48.2 Å². The molecule has 0 bridgehead atoms. The summed E-state index contributed by atoms with van der Waals surface area (Å²) >= 11 is 1.60. The highest BCUT2D eigenvalue weighted by atomic mass is 32.2. The van der Waals surface area contributed by atoms with Crippen molar-refractivity contribution in [1.82, 2.24) is 24.5 Å². The van der Waals surface area contributed by atoms with Gasteiger partial charge in [-0.2, -0.15) is 5.10 Å². The average Bonchev–Trinajstić information content (AvgIpc) is 3.46. The number of rotatable bonds is 7. The van der Waals surface area contributed by atoms with E-state index in [-0.39, 0.29) is 5.82 Å². The van der Waals surface area contributed by atoms with Crippen LogP contribution in [-0.2, 0) is 17.0 Å². The lowest BCUT2D eigenvalue weighted by atomic mass is 10.2. The van der Waals surface area contributed by atoms with E-state index in [9.17, 15) is 4.39 Å². The van der Waals surface area contributed by atoms with Gasteiger partial charge in [-0.25, -0.2) is 9.07 Å². The number of ether oxygens (including phenoxy) is 1. The van der Waals surface area contributed by atoms with Crippen molar-refractivity contribution in [1.29, 1.82) is 0 Å². The van der Waals surface area contributed by atoms with Gasteiger partial charge in [0, 0.05) is 25.0 Å². The van der Waals surface area contributed by atoms with Gasteiger partial charge in [0.2, 0.25) is 5.95 Å². The molecule has 0 radical (unpaired) electrons. The summed E-state index contributed by atoms with van der Waals surface area (Å²) in [6.45, 7) is 3.68. The molecular formula is C23H23FN6OS. The van der Waals surface area contributed by atoms with Crippen LogP contribution in [0, 0.1) is 5.82 Å². The molecule has 9 heteroatoms. The fourth-order valence-corrected chi connectivity index (χ4v) is 4.46. The maximum atomic E-state index is 13.5. The predicted molar refractivity (Wildman–Crippen MR) is 122 cm³/mol. The molecule has 2 aromatic carbocycles. The molecular weight excluding hydrogens is 427 g/mol. The summed E-state index contributed by atoms with van der Waals surface area (Å²) in [7, 11) is 0. The number of halogens is 1. The van der Waals surface area contributed by atoms with Crippen molar-refractivity contribution in [2.45, 2.75) is 17.5 Å². The third-order valence-electron chi connectivity index (χ3n) is 5.24. The van der Waals surface area contributed by atoms with E-state index in [1.54, 1.807) is 22.5 Å². The van der Waals surface area contributed by atoms with E-state index < -0.39 is 0 Å². The van der Waals surface area contributed by atoms with E-state index in [1.807, 2.05) is 36.5 Å². The summed E-state index contributed by atoms with van der Waals surface area (Å²) in [6.07, 6.45) is 1.85. The molecule has 3 heterocycles. The normalized spacial score (nSPS) is 14.1. The molecule has 0 amide bonds. The highest BCUT2D eigenvalue weighted by Crippen LogP contribution is 2.26. The van der Waals surface area contributed by atoms with Crippen LogP contribution >= 0.6 is 11.8 Å². The van der Waals surface area contributed by atoms with Gasteiger partial charge in [0.1, 0.15) is 5.82 Å². The highest BCUT2D eigenvalue weighted by Gasteiger charge is 2.21. The number of hydrogen-bond donors (Lipinski definition) is 0. The van der Waals surface area contributed by atoms with Crippen molar-refractivity contribution < 1.29 is 9.13 Å². The van der Waals surface area contributed by atoms with Crippen LogP contribution < -0.4 is 4.90 Å². The van der Waals surface area contributed by atoms with E-state index in [1.165, 1.54) is 17.7 Å². The summed E-state index contributed by atoms with van der Waals surface area (Å²) in [4.78, 5) is 2.22. The summed E-state index contributed by atoms with van der Waals surface area (Å²) < 4.78 is 22.9. The zero-order valence-corrected chi connectivity index (χ0v) is 18.3. The molecule has 1 aliphatic heterocycles. The second-order valence-electron chi connectivity index (χ2n) is 7.47. The smallest absolute Gasteiger partial charge is 0.228 e. The molecule has 32 heavy (non-hydrogen) atoms. The topological polar surface area (TPSA) is 61.0 Å². The fraction of sp³-hybridized carbons (Fsp3) is 0.261. The highest BCUT2D eigenvalue weighted by molar-refractivity contribution is 7.98. The van der Waals surface area contributed by atoms with Crippen molar-refractivity contribution in [3.05, 3.63) is 83.9 Å². The number of anilines is 1. The number of aromatic nitrogens is 5. The molecule has 1 aliphatic rings. The lowest BCUT2D eigenvalue weighted by molar-refractivity contribution is 0.121. The van der Waals surface area contributed by atoms with Gasteiger partial charge < -0.3 is 9.64 Å². The van der Waals surface area contributed by atoms with Gasteiger partial charge in [-0.3, -0.25) is 4.57 Å². The van der Waals surface area contributed by atoms with Gasteiger partial charge in [0.15, 0.2) is 5.16 Å². The maximum absolute atomic E-state index is 13.5. The Balaban J connectivity index is 1.35. The van der Waals surface area contributed by atoms with Crippen LogP contribution in [0.4, 0.5) is 10.3 Å². The number of nitrogens with zero attached hydrogens (tertiary/aromatic N) is 6. The first-order valence-electron chi connectivity index (χ1n) is 10.5. The summed E-state index contributed by atoms with van der Waals surface area (Å²) in [6, 6.07) is 18.7. The van der Waals surface area contributed by atoms with Crippen LogP contribution in [-0.4, -0.2) is 50.8 Å². The first-order chi connectivity index (χ1) is 15.8. The molecule has 0 saturated carbocycles. The summed E-state index contributed by atoms with van der Waals surface area (Å²) in [5.74, 6) is 1.22. The number of thioether (sulfide) groups is 1. The Bertz CT molecular complexity index is 1170. The van der Waals surface area contributed by atoms with Crippen LogP contribution in [0.15, 0.2) is 72.0 Å². The Hall–Kier alpha value is -3.17. The van der Waals surface area contributed by atoms with Crippen LogP contribution in [0.3, 0.4) is 0 Å². The second-order valence-corrected chi connectivity index (χ2v) is 8.42. The Morgan fingerprint density at radius 2 is 1.81 bits per heavy atom. The van der Waals surface area contributed by atoms with E-state index in [0.29, 0.717) is 31.2 Å². The molecule has 1 fully saturated rings. The van der Waals surface area contributed by atoms with Crippen LogP contribution in [0.25, 0.3) is 5.69 Å². The van der Waals surface area contributed by atoms with Crippen molar-refractivity contribution >= 4 is 17.7 Å². The maximum Gasteiger partial charge on any atom is 0.228 e. The molecule has 7 nitrogen and oxygen atoms in total. The van der Waals surface area contributed by atoms with E-state index in [4.69, 9.17) is 4.74 Å². The SMILES string of the molecule is Fc1cccc(-n2ccc(CSc3nnc(N4CCOCC4)n3Cc3ccccc3)n2)c1. The monoisotopic (exact) mass is 450 g/mol. The lowest BCUT2D eigenvalue weighted by Crippen LogP contribution is -2.38.